The summed E-state index contributed by atoms with van der Waals surface area (Å²) >= 11 is 0. The Morgan fingerprint density at radius 2 is 2.00 bits per heavy atom. The van der Waals surface area contributed by atoms with E-state index in [0.717, 1.165) is 24.3 Å². The molecule has 0 spiro atoms. The summed E-state index contributed by atoms with van der Waals surface area (Å²) in [4.78, 5) is 2.32. The molecule has 0 aliphatic heterocycles. The van der Waals surface area contributed by atoms with Gasteiger partial charge in [-0.1, -0.05) is 0 Å². The zero-order valence-corrected chi connectivity index (χ0v) is 11.0. The van der Waals surface area contributed by atoms with Crippen LogP contribution in [0.5, 0.6) is 0 Å². The van der Waals surface area contributed by atoms with Gasteiger partial charge in [-0.25, -0.2) is 4.39 Å². The van der Waals surface area contributed by atoms with E-state index in [-0.39, 0.29) is 5.82 Å². The summed E-state index contributed by atoms with van der Waals surface area (Å²) in [6.07, 6.45) is 5.04. The van der Waals surface area contributed by atoms with Crippen LogP contribution >= 0.6 is 0 Å². The molecule has 0 aromatic heterocycles. The highest BCUT2D eigenvalue weighted by Gasteiger charge is 2.28. The topological polar surface area (TPSA) is 15.3 Å². The molecule has 1 N–H and O–H groups in total. The van der Waals surface area contributed by atoms with Gasteiger partial charge in [-0.3, -0.25) is 0 Å². The van der Waals surface area contributed by atoms with Gasteiger partial charge in [0.1, 0.15) is 5.82 Å². The summed E-state index contributed by atoms with van der Waals surface area (Å²) in [6, 6.07) is 6.77. The normalized spacial score (nSPS) is 19.0. The molecule has 0 bridgehead atoms. The number of nitrogens with one attached hydrogen (secondary N) is 1. The first-order chi connectivity index (χ1) is 8.76. The Labute approximate surface area is 108 Å². The van der Waals surface area contributed by atoms with Crippen molar-refractivity contribution in [2.24, 2.45) is 0 Å². The van der Waals surface area contributed by atoms with E-state index >= 15 is 0 Å². The first-order valence-corrected chi connectivity index (χ1v) is 7.05. The van der Waals surface area contributed by atoms with Gasteiger partial charge in [0.15, 0.2) is 0 Å². The van der Waals surface area contributed by atoms with Crippen molar-refractivity contribution in [3.05, 3.63) is 29.6 Å². The summed E-state index contributed by atoms with van der Waals surface area (Å²) in [7, 11) is 0. The second kappa shape index (κ2) is 4.88. The Bertz CT molecular complexity index is 425. The predicted molar refractivity (Wildman–Crippen MR) is 72.3 cm³/mol. The zero-order chi connectivity index (χ0) is 12.5. The van der Waals surface area contributed by atoms with Crippen molar-refractivity contribution in [2.45, 2.75) is 51.2 Å². The van der Waals surface area contributed by atoms with Crippen LogP contribution in [0.25, 0.3) is 0 Å². The number of halogens is 1. The first kappa shape index (κ1) is 12.0. The highest BCUT2D eigenvalue weighted by atomic mass is 19.1. The van der Waals surface area contributed by atoms with Crippen LogP contribution in [-0.2, 0) is 6.54 Å². The minimum Gasteiger partial charge on any atom is -0.369 e. The van der Waals surface area contributed by atoms with Gasteiger partial charge in [-0.15, -0.1) is 0 Å². The molecule has 2 saturated carbocycles. The molecule has 2 aliphatic rings. The van der Waals surface area contributed by atoms with E-state index in [1.54, 1.807) is 12.1 Å². The summed E-state index contributed by atoms with van der Waals surface area (Å²) in [5.41, 5.74) is 2.11. The van der Waals surface area contributed by atoms with Crippen molar-refractivity contribution in [1.29, 1.82) is 0 Å². The fourth-order valence-corrected chi connectivity index (χ4v) is 2.49. The molecule has 1 aromatic carbocycles. The standard InChI is InChI=1S/C15H21FN2/c1-2-18(14-5-6-14)15-8-11(7-12(16)9-15)10-17-13-3-4-13/h7-9,13-14,17H,2-6,10H2,1H3. The molecule has 3 rings (SSSR count). The molecule has 1 aromatic rings. The van der Waals surface area contributed by atoms with Crippen LogP contribution < -0.4 is 10.2 Å². The number of anilines is 1. The molecule has 0 amide bonds. The van der Waals surface area contributed by atoms with E-state index in [1.165, 1.54) is 25.7 Å². The van der Waals surface area contributed by atoms with Gasteiger partial charge in [0.2, 0.25) is 0 Å². The lowest BCUT2D eigenvalue weighted by molar-refractivity contribution is 0.618. The average molecular weight is 248 g/mol. The summed E-state index contributed by atoms with van der Waals surface area (Å²) in [6.45, 7) is 3.90. The molecule has 0 atom stereocenters. The molecule has 98 valence electrons. The lowest BCUT2D eigenvalue weighted by Crippen LogP contribution is -2.25. The smallest absolute Gasteiger partial charge is 0.125 e. The van der Waals surface area contributed by atoms with Gasteiger partial charge in [-0.2, -0.15) is 0 Å². The van der Waals surface area contributed by atoms with Crippen molar-refractivity contribution in [3.8, 4) is 0 Å². The van der Waals surface area contributed by atoms with E-state index in [2.05, 4.69) is 23.2 Å². The van der Waals surface area contributed by atoms with Crippen molar-refractivity contribution in [1.82, 2.24) is 5.32 Å². The number of rotatable bonds is 6. The highest BCUT2D eigenvalue weighted by molar-refractivity contribution is 5.51. The number of hydrogen-bond donors (Lipinski definition) is 1. The Kier molecular flexibility index (Phi) is 3.25. The van der Waals surface area contributed by atoms with Gasteiger partial charge in [0.05, 0.1) is 0 Å². The minimum atomic E-state index is -0.112. The molecular weight excluding hydrogens is 227 g/mol. The van der Waals surface area contributed by atoms with Crippen LogP contribution in [0.1, 0.15) is 38.2 Å². The lowest BCUT2D eigenvalue weighted by Gasteiger charge is -2.23. The number of hydrogen-bond acceptors (Lipinski definition) is 2. The van der Waals surface area contributed by atoms with Gasteiger partial charge in [-0.05, 0) is 56.4 Å². The monoisotopic (exact) mass is 248 g/mol. The average Bonchev–Trinajstić information content (AvgIpc) is 3.21. The van der Waals surface area contributed by atoms with E-state index < -0.39 is 0 Å². The molecule has 0 radical (unpaired) electrons. The predicted octanol–water partition coefficient (Wildman–Crippen LogP) is 3.07. The van der Waals surface area contributed by atoms with Crippen molar-refractivity contribution in [3.63, 3.8) is 0 Å². The van der Waals surface area contributed by atoms with E-state index in [0.29, 0.717) is 12.1 Å². The van der Waals surface area contributed by atoms with Gasteiger partial charge in [0, 0.05) is 30.9 Å². The highest BCUT2D eigenvalue weighted by Crippen LogP contribution is 2.32. The molecule has 18 heavy (non-hydrogen) atoms. The van der Waals surface area contributed by atoms with Crippen LogP contribution in [0.15, 0.2) is 18.2 Å². The van der Waals surface area contributed by atoms with Crippen LogP contribution in [-0.4, -0.2) is 18.6 Å². The molecular formula is C15H21FN2. The number of nitrogens with zero attached hydrogens (tertiary/aromatic N) is 1. The minimum absolute atomic E-state index is 0.112. The molecule has 2 nitrogen and oxygen atoms in total. The van der Waals surface area contributed by atoms with Crippen LogP contribution in [0.3, 0.4) is 0 Å². The lowest BCUT2D eigenvalue weighted by atomic mass is 10.1. The Balaban J connectivity index is 1.75. The Morgan fingerprint density at radius 1 is 1.22 bits per heavy atom. The van der Waals surface area contributed by atoms with Crippen LogP contribution in [0.2, 0.25) is 0 Å². The summed E-state index contributed by atoms with van der Waals surface area (Å²) < 4.78 is 13.7. The molecule has 3 heteroatoms. The van der Waals surface area contributed by atoms with Gasteiger partial charge in [0.25, 0.3) is 0 Å². The van der Waals surface area contributed by atoms with E-state index in [9.17, 15) is 4.39 Å². The van der Waals surface area contributed by atoms with Gasteiger partial charge < -0.3 is 10.2 Å². The van der Waals surface area contributed by atoms with Crippen LogP contribution in [0, 0.1) is 5.82 Å². The Morgan fingerprint density at radius 3 is 2.61 bits per heavy atom. The maximum absolute atomic E-state index is 13.7. The molecule has 0 heterocycles. The zero-order valence-electron chi connectivity index (χ0n) is 11.0. The van der Waals surface area contributed by atoms with Crippen molar-refractivity contribution in [2.75, 3.05) is 11.4 Å². The summed E-state index contributed by atoms with van der Waals surface area (Å²) in [5, 5.41) is 3.44. The molecule has 2 aliphatic carbocycles. The van der Waals surface area contributed by atoms with Crippen LogP contribution in [0.4, 0.5) is 10.1 Å². The largest absolute Gasteiger partial charge is 0.369 e. The third-order valence-corrected chi connectivity index (χ3v) is 3.77. The quantitative estimate of drug-likeness (QED) is 0.832. The maximum Gasteiger partial charge on any atom is 0.125 e. The second-order valence-electron chi connectivity index (χ2n) is 5.49. The third-order valence-electron chi connectivity index (χ3n) is 3.77. The van der Waals surface area contributed by atoms with Gasteiger partial charge >= 0.3 is 0 Å². The molecule has 0 saturated heterocycles. The maximum atomic E-state index is 13.7. The first-order valence-electron chi connectivity index (χ1n) is 7.05. The summed E-state index contributed by atoms with van der Waals surface area (Å²) in [5.74, 6) is -0.112. The van der Waals surface area contributed by atoms with E-state index in [4.69, 9.17) is 0 Å². The van der Waals surface area contributed by atoms with E-state index in [1.807, 2.05) is 0 Å². The van der Waals surface area contributed by atoms with Crippen molar-refractivity contribution < 1.29 is 4.39 Å². The fraction of sp³-hybridized carbons (Fsp3) is 0.600. The number of benzene rings is 1. The fourth-order valence-electron chi connectivity index (χ4n) is 2.49. The second-order valence-corrected chi connectivity index (χ2v) is 5.49. The van der Waals surface area contributed by atoms with Crippen molar-refractivity contribution >= 4 is 5.69 Å². The third kappa shape index (κ3) is 2.83. The molecule has 0 unspecified atom stereocenters. The Hall–Kier alpha value is -1.09. The SMILES string of the molecule is CCN(c1cc(F)cc(CNC2CC2)c1)C1CC1. The molecule has 2 fully saturated rings.